The number of carbonyl (C=O) groups is 1. The van der Waals surface area contributed by atoms with Gasteiger partial charge in [0.2, 0.25) is 0 Å². The van der Waals surface area contributed by atoms with Gasteiger partial charge in [-0.15, -0.1) is 0 Å². The van der Waals surface area contributed by atoms with Gasteiger partial charge < -0.3 is 5.11 Å². The van der Waals surface area contributed by atoms with E-state index in [0.29, 0.717) is 12.8 Å². The number of hydrogen-bond donors (Lipinski definition) is 1. The van der Waals surface area contributed by atoms with Gasteiger partial charge in [0, 0.05) is 12.4 Å². The maximum Gasteiger partial charge on any atom is 0.306 e. The van der Waals surface area contributed by atoms with Gasteiger partial charge in [-0.05, 0) is 36.5 Å². The van der Waals surface area contributed by atoms with Crippen LogP contribution in [0.4, 0.5) is 0 Å². The van der Waals surface area contributed by atoms with Crippen molar-refractivity contribution in [2.24, 2.45) is 5.92 Å². The van der Waals surface area contributed by atoms with E-state index in [4.69, 9.17) is 0 Å². The fourth-order valence-electron chi connectivity index (χ4n) is 2.10. The fourth-order valence-corrected chi connectivity index (χ4v) is 2.10. The van der Waals surface area contributed by atoms with Gasteiger partial charge in [-0.3, -0.25) is 9.78 Å². The van der Waals surface area contributed by atoms with Crippen molar-refractivity contribution in [2.45, 2.75) is 19.3 Å². The topological polar surface area (TPSA) is 50.2 Å². The Morgan fingerprint density at radius 1 is 1.11 bits per heavy atom. The van der Waals surface area contributed by atoms with Gasteiger partial charge in [-0.25, -0.2) is 0 Å². The zero-order valence-electron chi connectivity index (χ0n) is 10.7. The molecule has 0 fully saturated rings. The van der Waals surface area contributed by atoms with Crippen molar-refractivity contribution < 1.29 is 9.90 Å². The van der Waals surface area contributed by atoms with Gasteiger partial charge in [0.05, 0.1) is 5.92 Å². The molecule has 0 amide bonds. The average molecular weight is 255 g/mol. The van der Waals surface area contributed by atoms with Crippen molar-refractivity contribution in [1.29, 1.82) is 0 Å². The molecule has 98 valence electrons. The van der Waals surface area contributed by atoms with Crippen molar-refractivity contribution in [3.05, 3.63) is 66.0 Å². The standard InChI is InChI=1S/C16H17NO2/c18-16(19)15(11-13-5-2-1-3-6-13)9-8-14-7-4-10-17-12-14/h1-7,10,12,15H,8-9,11H2,(H,18,19). The molecule has 2 rings (SSSR count). The lowest BCUT2D eigenvalue weighted by Gasteiger charge is -2.12. The van der Waals surface area contributed by atoms with Crippen molar-refractivity contribution in [3.63, 3.8) is 0 Å². The lowest BCUT2D eigenvalue weighted by molar-refractivity contribution is -0.141. The highest BCUT2D eigenvalue weighted by Gasteiger charge is 2.17. The Kier molecular flexibility index (Phi) is 4.67. The second kappa shape index (κ2) is 6.69. The third-order valence-electron chi connectivity index (χ3n) is 3.18. The molecule has 1 atom stereocenters. The van der Waals surface area contributed by atoms with Crippen LogP contribution in [0.15, 0.2) is 54.9 Å². The van der Waals surface area contributed by atoms with Gasteiger partial charge in [-0.2, -0.15) is 0 Å². The first kappa shape index (κ1) is 13.3. The minimum atomic E-state index is -0.729. The van der Waals surface area contributed by atoms with Crippen LogP contribution >= 0.6 is 0 Å². The molecule has 0 aliphatic heterocycles. The highest BCUT2D eigenvalue weighted by Crippen LogP contribution is 2.15. The normalized spacial score (nSPS) is 12.0. The predicted octanol–water partition coefficient (Wildman–Crippen LogP) is 2.96. The maximum absolute atomic E-state index is 11.3. The molecule has 0 aliphatic rings. The Labute approximate surface area is 112 Å². The molecule has 0 spiro atoms. The molecule has 1 aromatic carbocycles. The number of rotatable bonds is 6. The molecule has 0 aliphatic carbocycles. The lowest BCUT2D eigenvalue weighted by Crippen LogP contribution is -2.17. The van der Waals surface area contributed by atoms with Crippen LogP contribution in [-0.4, -0.2) is 16.1 Å². The summed E-state index contributed by atoms with van der Waals surface area (Å²) in [5.74, 6) is -1.07. The van der Waals surface area contributed by atoms with E-state index in [1.807, 2.05) is 42.5 Å². The molecule has 1 heterocycles. The second-order valence-electron chi connectivity index (χ2n) is 4.62. The minimum absolute atomic E-state index is 0.345. The van der Waals surface area contributed by atoms with Crippen LogP contribution in [0.2, 0.25) is 0 Å². The molecule has 2 aromatic rings. The summed E-state index contributed by atoms with van der Waals surface area (Å²) in [5.41, 5.74) is 2.16. The highest BCUT2D eigenvalue weighted by atomic mass is 16.4. The Bertz CT molecular complexity index is 511. The number of nitrogens with zero attached hydrogens (tertiary/aromatic N) is 1. The summed E-state index contributed by atoms with van der Waals surface area (Å²) in [6, 6.07) is 13.6. The van der Waals surface area contributed by atoms with Crippen LogP contribution < -0.4 is 0 Å². The monoisotopic (exact) mass is 255 g/mol. The summed E-state index contributed by atoms with van der Waals surface area (Å²) in [4.78, 5) is 15.4. The maximum atomic E-state index is 11.3. The van der Waals surface area contributed by atoms with Crippen LogP contribution in [-0.2, 0) is 17.6 Å². The molecule has 1 aromatic heterocycles. The van der Waals surface area contributed by atoms with E-state index in [1.54, 1.807) is 12.4 Å². The first-order valence-electron chi connectivity index (χ1n) is 6.41. The molecule has 3 heteroatoms. The lowest BCUT2D eigenvalue weighted by atomic mass is 9.93. The van der Waals surface area contributed by atoms with Gasteiger partial charge >= 0.3 is 5.97 Å². The number of aryl methyl sites for hydroxylation is 1. The highest BCUT2D eigenvalue weighted by molar-refractivity contribution is 5.70. The summed E-state index contributed by atoms with van der Waals surface area (Å²) in [6.45, 7) is 0. The summed E-state index contributed by atoms with van der Waals surface area (Å²) >= 11 is 0. The number of carboxylic acid groups (broad SMARTS) is 1. The molecule has 0 bridgehead atoms. The first-order valence-corrected chi connectivity index (χ1v) is 6.41. The van der Waals surface area contributed by atoms with Crippen LogP contribution in [0.1, 0.15) is 17.5 Å². The zero-order valence-corrected chi connectivity index (χ0v) is 10.7. The molecule has 3 nitrogen and oxygen atoms in total. The molecule has 19 heavy (non-hydrogen) atoms. The third kappa shape index (κ3) is 4.21. The molecule has 1 unspecified atom stereocenters. The van der Waals surface area contributed by atoms with Crippen molar-refractivity contribution >= 4 is 5.97 Å². The van der Waals surface area contributed by atoms with E-state index >= 15 is 0 Å². The smallest absolute Gasteiger partial charge is 0.306 e. The number of hydrogen-bond acceptors (Lipinski definition) is 2. The third-order valence-corrected chi connectivity index (χ3v) is 3.18. The van der Waals surface area contributed by atoms with Crippen molar-refractivity contribution in [1.82, 2.24) is 4.98 Å². The molecule has 1 N–H and O–H groups in total. The van der Waals surface area contributed by atoms with E-state index in [-0.39, 0.29) is 5.92 Å². The van der Waals surface area contributed by atoms with E-state index in [9.17, 15) is 9.90 Å². The number of aromatic nitrogens is 1. The number of benzene rings is 1. The van der Waals surface area contributed by atoms with Crippen molar-refractivity contribution in [3.8, 4) is 0 Å². The molecule has 0 radical (unpaired) electrons. The van der Waals surface area contributed by atoms with E-state index < -0.39 is 5.97 Å². The largest absolute Gasteiger partial charge is 0.481 e. The minimum Gasteiger partial charge on any atom is -0.481 e. The summed E-state index contributed by atoms with van der Waals surface area (Å²) in [6.07, 6.45) is 5.48. The van der Waals surface area contributed by atoms with Crippen molar-refractivity contribution in [2.75, 3.05) is 0 Å². The summed E-state index contributed by atoms with van der Waals surface area (Å²) < 4.78 is 0. The zero-order chi connectivity index (χ0) is 13.5. The Balaban J connectivity index is 1.95. The quantitative estimate of drug-likeness (QED) is 0.863. The predicted molar refractivity (Wildman–Crippen MR) is 73.8 cm³/mol. The fraction of sp³-hybridized carbons (Fsp3) is 0.250. The Morgan fingerprint density at radius 3 is 2.47 bits per heavy atom. The van der Waals surface area contributed by atoms with Crippen LogP contribution in [0.3, 0.4) is 0 Å². The molecular formula is C16H17NO2. The Morgan fingerprint density at radius 2 is 1.84 bits per heavy atom. The second-order valence-corrected chi connectivity index (χ2v) is 4.62. The van der Waals surface area contributed by atoms with E-state index in [1.165, 1.54) is 0 Å². The van der Waals surface area contributed by atoms with E-state index in [2.05, 4.69) is 4.98 Å². The molecular weight excluding hydrogens is 238 g/mol. The Hall–Kier alpha value is -2.16. The van der Waals surface area contributed by atoms with Crippen LogP contribution in [0, 0.1) is 5.92 Å². The van der Waals surface area contributed by atoms with Gasteiger partial charge in [0.1, 0.15) is 0 Å². The number of pyridine rings is 1. The first-order chi connectivity index (χ1) is 9.25. The SMILES string of the molecule is O=C(O)C(CCc1cccnc1)Cc1ccccc1. The number of aliphatic carboxylic acids is 1. The van der Waals surface area contributed by atoms with Crippen LogP contribution in [0.25, 0.3) is 0 Å². The molecule has 0 saturated carbocycles. The van der Waals surface area contributed by atoms with Gasteiger partial charge in [-0.1, -0.05) is 36.4 Å². The number of carboxylic acids is 1. The molecule has 0 saturated heterocycles. The van der Waals surface area contributed by atoms with E-state index in [0.717, 1.165) is 17.5 Å². The van der Waals surface area contributed by atoms with Gasteiger partial charge in [0.15, 0.2) is 0 Å². The van der Waals surface area contributed by atoms with Gasteiger partial charge in [0.25, 0.3) is 0 Å². The summed E-state index contributed by atoms with van der Waals surface area (Å²) in [5, 5.41) is 9.30. The van der Waals surface area contributed by atoms with Crippen LogP contribution in [0.5, 0.6) is 0 Å². The summed E-state index contributed by atoms with van der Waals surface area (Å²) in [7, 11) is 0. The average Bonchev–Trinajstić information content (AvgIpc) is 2.45.